The largest absolute Gasteiger partial charge is 0.452 e. The lowest BCUT2D eigenvalue weighted by Crippen LogP contribution is -2.34. The van der Waals surface area contributed by atoms with Crippen LogP contribution in [0.2, 0.25) is 5.02 Å². The van der Waals surface area contributed by atoms with E-state index < -0.39 is 29.1 Å². The second-order valence-corrected chi connectivity index (χ2v) is 6.57. The predicted molar refractivity (Wildman–Crippen MR) is 110 cm³/mol. The Morgan fingerprint density at radius 2 is 1.83 bits per heavy atom. The lowest BCUT2D eigenvalue weighted by atomic mass is 10.1. The van der Waals surface area contributed by atoms with E-state index in [1.807, 2.05) is 49.4 Å². The zero-order valence-corrected chi connectivity index (χ0v) is 16.3. The number of amides is 1. The number of carbonyl (C=O) groups is 2. The highest BCUT2D eigenvalue weighted by Crippen LogP contribution is 2.27. The van der Waals surface area contributed by atoms with Crippen molar-refractivity contribution < 1.29 is 19.2 Å². The second kappa shape index (κ2) is 8.70. The SMILES string of the molecule is CCN(C(=O)COC(=O)c1ccc(Cl)cc1[N+](=O)[O-])c1cccc2ccccc12. The Morgan fingerprint density at radius 1 is 1.10 bits per heavy atom. The molecule has 0 atom stereocenters. The molecule has 0 aromatic heterocycles. The molecule has 148 valence electrons. The smallest absolute Gasteiger partial charge is 0.345 e. The molecule has 0 heterocycles. The molecular formula is C21H17ClN2O5. The Balaban J connectivity index is 1.79. The van der Waals surface area contributed by atoms with Crippen molar-refractivity contribution in [2.45, 2.75) is 6.92 Å². The van der Waals surface area contributed by atoms with Crippen molar-refractivity contribution in [3.05, 3.63) is 81.4 Å². The predicted octanol–water partition coefficient (Wildman–Crippen LogP) is 4.61. The van der Waals surface area contributed by atoms with Crippen molar-refractivity contribution in [1.82, 2.24) is 0 Å². The van der Waals surface area contributed by atoms with Crippen molar-refractivity contribution in [3.8, 4) is 0 Å². The second-order valence-electron chi connectivity index (χ2n) is 6.13. The Morgan fingerprint density at radius 3 is 2.55 bits per heavy atom. The van der Waals surface area contributed by atoms with Crippen molar-refractivity contribution >= 4 is 45.6 Å². The Hall–Kier alpha value is -3.45. The fourth-order valence-corrected chi connectivity index (χ4v) is 3.20. The van der Waals surface area contributed by atoms with Crippen LogP contribution in [0.1, 0.15) is 17.3 Å². The molecule has 0 aliphatic rings. The molecule has 3 aromatic rings. The van der Waals surface area contributed by atoms with Gasteiger partial charge in [-0.15, -0.1) is 0 Å². The van der Waals surface area contributed by atoms with Gasteiger partial charge in [0, 0.05) is 23.0 Å². The van der Waals surface area contributed by atoms with E-state index >= 15 is 0 Å². The standard InChI is InChI=1S/C21H17ClN2O5/c1-2-23(18-9-5-7-14-6-3-4-8-16(14)18)20(25)13-29-21(26)17-11-10-15(22)12-19(17)24(27)28/h3-12H,2,13H2,1H3. The number of halogens is 1. The monoisotopic (exact) mass is 412 g/mol. The number of ether oxygens (including phenoxy) is 1. The van der Waals surface area contributed by atoms with Crippen LogP contribution in [0, 0.1) is 10.1 Å². The first-order chi connectivity index (χ1) is 13.9. The molecule has 0 radical (unpaired) electrons. The topological polar surface area (TPSA) is 89.8 Å². The van der Waals surface area contributed by atoms with E-state index in [-0.39, 0.29) is 10.6 Å². The number of rotatable bonds is 6. The molecule has 0 aliphatic heterocycles. The molecular weight excluding hydrogens is 396 g/mol. The van der Waals surface area contributed by atoms with E-state index in [0.717, 1.165) is 16.8 Å². The average molecular weight is 413 g/mol. The number of hydrogen-bond acceptors (Lipinski definition) is 5. The zero-order chi connectivity index (χ0) is 21.0. The van der Waals surface area contributed by atoms with Gasteiger partial charge in [0.25, 0.3) is 11.6 Å². The van der Waals surface area contributed by atoms with Crippen molar-refractivity contribution in [2.24, 2.45) is 0 Å². The van der Waals surface area contributed by atoms with Gasteiger partial charge in [-0.25, -0.2) is 4.79 Å². The number of likely N-dealkylation sites (N-methyl/N-ethyl adjacent to an activating group) is 1. The highest BCUT2D eigenvalue weighted by molar-refractivity contribution is 6.31. The molecule has 0 saturated heterocycles. The van der Waals surface area contributed by atoms with Gasteiger partial charge in [0.15, 0.2) is 6.61 Å². The minimum atomic E-state index is -0.962. The van der Waals surface area contributed by atoms with E-state index in [4.69, 9.17) is 16.3 Å². The third-order valence-electron chi connectivity index (χ3n) is 4.38. The maximum absolute atomic E-state index is 12.7. The van der Waals surface area contributed by atoms with Crippen LogP contribution >= 0.6 is 11.6 Å². The van der Waals surface area contributed by atoms with Crippen molar-refractivity contribution in [3.63, 3.8) is 0 Å². The van der Waals surface area contributed by atoms with E-state index in [2.05, 4.69) is 0 Å². The summed E-state index contributed by atoms with van der Waals surface area (Å²) in [5.41, 5.74) is -0.0409. The first-order valence-electron chi connectivity index (χ1n) is 8.81. The fourth-order valence-electron chi connectivity index (χ4n) is 3.04. The third-order valence-corrected chi connectivity index (χ3v) is 4.61. The summed E-state index contributed by atoms with van der Waals surface area (Å²) in [5, 5.41) is 13.1. The highest BCUT2D eigenvalue weighted by Gasteiger charge is 2.24. The van der Waals surface area contributed by atoms with Crippen molar-refractivity contribution in [2.75, 3.05) is 18.1 Å². The van der Waals surface area contributed by atoms with E-state index in [9.17, 15) is 19.7 Å². The maximum atomic E-state index is 12.7. The number of fused-ring (bicyclic) bond motifs is 1. The van der Waals surface area contributed by atoms with Gasteiger partial charge in [-0.1, -0.05) is 48.0 Å². The lowest BCUT2D eigenvalue weighted by molar-refractivity contribution is -0.385. The van der Waals surface area contributed by atoms with Crippen LogP contribution in [0.3, 0.4) is 0 Å². The molecule has 8 heteroatoms. The van der Waals surface area contributed by atoms with Crippen LogP contribution in [-0.4, -0.2) is 30.0 Å². The van der Waals surface area contributed by atoms with Gasteiger partial charge in [0.05, 0.1) is 10.6 Å². The molecule has 0 N–H and O–H groups in total. The van der Waals surface area contributed by atoms with Gasteiger partial charge in [-0.3, -0.25) is 14.9 Å². The van der Waals surface area contributed by atoms with E-state index in [0.29, 0.717) is 12.2 Å². The van der Waals surface area contributed by atoms with Crippen molar-refractivity contribution in [1.29, 1.82) is 0 Å². The van der Waals surface area contributed by atoms with Crippen LogP contribution in [-0.2, 0) is 9.53 Å². The number of hydrogen-bond donors (Lipinski definition) is 0. The number of carbonyl (C=O) groups excluding carboxylic acids is 2. The first kappa shape index (κ1) is 20.3. The van der Waals surface area contributed by atoms with Gasteiger partial charge in [-0.05, 0) is 30.5 Å². The molecule has 3 aromatic carbocycles. The fraction of sp³-hybridized carbons (Fsp3) is 0.143. The summed E-state index contributed by atoms with van der Waals surface area (Å²) in [4.78, 5) is 37.0. The molecule has 0 unspecified atom stereocenters. The Kier molecular flexibility index (Phi) is 6.09. The number of nitro groups is 1. The van der Waals surface area contributed by atoms with Crippen LogP contribution in [0.5, 0.6) is 0 Å². The van der Waals surface area contributed by atoms with Crippen LogP contribution in [0.4, 0.5) is 11.4 Å². The number of esters is 1. The Labute approximate surface area is 171 Å². The lowest BCUT2D eigenvalue weighted by Gasteiger charge is -2.22. The molecule has 3 rings (SSSR count). The molecule has 0 bridgehead atoms. The number of nitro benzene ring substituents is 1. The summed E-state index contributed by atoms with van der Waals surface area (Å²) < 4.78 is 5.06. The van der Waals surface area contributed by atoms with Gasteiger partial charge < -0.3 is 9.64 Å². The van der Waals surface area contributed by atoms with Crippen LogP contribution in [0.15, 0.2) is 60.7 Å². The van der Waals surface area contributed by atoms with Crippen LogP contribution in [0.25, 0.3) is 10.8 Å². The first-order valence-corrected chi connectivity index (χ1v) is 9.19. The Bertz CT molecular complexity index is 1090. The summed E-state index contributed by atoms with van der Waals surface area (Å²) in [5.74, 6) is -1.40. The third kappa shape index (κ3) is 4.35. The van der Waals surface area contributed by atoms with Gasteiger partial charge in [-0.2, -0.15) is 0 Å². The number of nitrogens with zero attached hydrogens (tertiary/aromatic N) is 2. The molecule has 0 aliphatic carbocycles. The molecule has 29 heavy (non-hydrogen) atoms. The molecule has 0 fully saturated rings. The van der Waals surface area contributed by atoms with E-state index in [1.54, 1.807) is 0 Å². The maximum Gasteiger partial charge on any atom is 0.345 e. The molecule has 7 nitrogen and oxygen atoms in total. The molecule has 0 saturated carbocycles. The normalized spacial score (nSPS) is 10.6. The van der Waals surface area contributed by atoms with E-state index in [1.165, 1.54) is 17.0 Å². The summed E-state index contributed by atoms with van der Waals surface area (Å²) in [6.45, 7) is 1.63. The quantitative estimate of drug-likeness (QED) is 0.335. The van der Waals surface area contributed by atoms with Gasteiger partial charge in [0.2, 0.25) is 0 Å². The van der Waals surface area contributed by atoms with Gasteiger partial charge >= 0.3 is 5.97 Å². The zero-order valence-electron chi connectivity index (χ0n) is 15.5. The summed E-state index contributed by atoms with van der Waals surface area (Å²) >= 11 is 5.75. The van der Waals surface area contributed by atoms with Crippen LogP contribution < -0.4 is 4.90 Å². The summed E-state index contributed by atoms with van der Waals surface area (Å²) in [7, 11) is 0. The average Bonchev–Trinajstić information content (AvgIpc) is 2.72. The minimum Gasteiger partial charge on any atom is -0.452 e. The summed E-state index contributed by atoms with van der Waals surface area (Å²) in [6.07, 6.45) is 0. The molecule has 0 spiro atoms. The molecule has 1 amide bonds. The van der Waals surface area contributed by atoms with Gasteiger partial charge in [0.1, 0.15) is 5.56 Å². The highest BCUT2D eigenvalue weighted by atomic mass is 35.5. The number of benzene rings is 3. The minimum absolute atomic E-state index is 0.123. The number of anilines is 1. The summed E-state index contributed by atoms with van der Waals surface area (Å²) in [6, 6.07) is 16.9.